The van der Waals surface area contributed by atoms with E-state index in [2.05, 4.69) is 47.6 Å². The first-order valence-electron chi connectivity index (χ1n) is 27.5. The van der Waals surface area contributed by atoms with E-state index in [9.17, 15) is 76.3 Å². The van der Waals surface area contributed by atoms with E-state index >= 15 is 0 Å². The van der Waals surface area contributed by atoms with Crippen LogP contribution >= 0.6 is 0 Å². The summed E-state index contributed by atoms with van der Waals surface area (Å²) >= 11 is 0. The highest BCUT2D eigenvalue weighted by Gasteiger charge is 2.72. The second-order valence-corrected chi connectivity index (χ2v) is 25.2. The molecule has 4 saturated heterocycles. The molecule has 14 N–H and O–H groups in total. The first-order valence-corrected chi connectivity index (χ1v) is 27.5. The molecule has 9 rings (SSSR count). The number of carbonyl (C=O) groups is 1. The number of fused-ring (bicyclic) bond motifs is 7. The Morgan fingerprint density at radius 2 is 1.13 bits per heavy atom. The molecule has 0 spiro atoms. The molecule has 0 radical (unpaired) electrons. The summed E-state index contributed by atoms with van der Waals surface area (Å²) in [5.41, 5.74) is -2.09. The van der Waals surface area contributed by atoms with Gasteiger partial charge in [-0.3, -0.25) is 4.79 Å². The molecule has 0 amide bonds. The summed E-state index contributed by atoms with van der Waals surface area (Å²) in [5.74, 6) is -0.631. The third kappa shape index (κ3) is 9.27. The average Bonchev–Trinajstić information content (AvgIpc) is 3.39. The zero-order valence-corrected chi connectivity index (χ0v) is 44.3. The third-order valence-electron chi connectivity index (χ3n) is 21.3. The summed E-state index contributed by atoms with van der Waals surface area (Å²) in [6.07, 6.45) is -24.1. The fourth-order valence-corrected chi connectivity index (χ4v) is 16.6. The van der Waals surface area contributed by atoms with E-state index in [4.69, 9.17) is 37.9 Å². The van der Waals surface area contributed by atoms with E-state index in [1.54, 1.807) is 0 Å². The van der Waals surface area contributed by atoms with Gasteiger partial charge in [0.1, 0.15) is 91.6 Å². The van der Waals surface area contributed by atoms with E-state index in [0.29, 0.717) is 38.5 Å². The summed E-state index contributed by atoms with van der Waals surface area (Å²) in [5, 5.41) is 150. The highest BCUT2D eigenvalue weighted by Crippen LogP contribution is 2.76. The SMILES string of the molecule is CC1CCC2(C(=O)OC3OC(CO)C(O)C(O)C3O)CCC3(CO)C(=CCC4C5(C)CCC(OC6OCC(O)C(OC7OC(CO)C(O)C(O)C7O)C6OC6OC(CO)C(O)C(O)C6O)C(C)(C)C5CCC43C)C2C1C. The van der Waals surface area contributed by atoms with Gasteiger partial charge < -0.3 is 109 Å². The second-order valence-electron chi connectivity index (χ2n) is 25.2. The van der Waals surface area contributed by atoms with Crippen LogP contribution in [0.5, 0.6) is 0 Å². The Morgan fingerprint density at radius 3 is 1.68 bits per heavy atom. The van der Waals surface area contributed by atoms with Crippen molar-refractivity contribution in [3.8, 4) is 0 Å². The molecule has 9 aliphatic rings. The van der Waals surface area contributed by atoms with Crippen molar-refractivity contribution in [2.75, 3.05) is 33.0 Å². The smallest absolute Gasteiger partial charge is 0.315 e. The minimum absolute atomic E-state index is 0.00832. The number of aliphatic hydroxyl groups excluding tert-OH is 14. The van der Waals surface area contributed by atoms with Gasteiger partial charge in [-0.25, -0.2) is 0 Å². The molecule has 23 heteroatoms. The summed E-state index contributed by atoms with van der Waals surface area (Å²) in [6.45, 7) is 10.4. The van der Waals surface area contributed by atoms with Gasteiger partial charge in [-0.2, -0.15) is 0 Å². The molecule has 0 aromatic carbocycles. The van der Waals surface area contributed by atoms with Gasteiger partial charge in [0, 0.05) is 5.41 Å². The number of allylic oxidation sites excluding steroid dienone is 1. The molecular weight excluding hydrogens is 1000 g/mol. The normalized spacial score (nSPS) is 54.3. The standard InChI is InChI=1S/C53H86O23/c1-22-9-14-52(48(68)76-46-41(67)38(64)35(61)28(19-56)72-46)15-16-53(21-57)24(32(52)23(22)2)7-8-30-50(5)12-11-31(49(3,4)29(50)10-13-51(30,53)6)73-47-43(75-45-40(66)37(63)34(60)27(18-55)71-45)42(25(58)20-69-47)74-44-39(65)36(62)33(59)26(17-54)70-44/h7,22-23,25-47,54-67H,8-21H2,1-6H3. The lowest BCUT2D eigenvalue weighted by molar-refractivity contribution is -0.389. The number of carbonyl (C=O) groups excluding carboxylic acids is 1. The van der Waals surface area contributed by atoms with Crippen LogP contribution in [0, 0.1) is 56.7 Å². The van der Waals surface area contributed by atoms with Gasteiger partial charge in [0.05, 0.1) is 44.6 Å². The predicted octanol–water partition coefficient (Wildman–Crippen LogP) is -2.57. The molecule has 29 unspecified atom stereocenters. The van der Waals surface area contributed by atoms with Gasteiger partial charge in [-0.15, -0.1) is 0 Å². The quantitative estimate of drug-likeness (QED) is 0.0543. The molecule has 0 aromatic heterocycles. The summed E-state index contributed by atoms with van der Waals surface area (Å²) in [7, 11) is 0. The van der Waals surface area contributed by atoms with Gasteiger partial charge >= 0.3 is 5.97 Å². The molecule has 0 aromatic rings. The Balaban J connectivity index is 0.990. The minimum Gasteiger partial charge on any atom is -0.432 e. The fraction of sp³-hybridized carbons (Fsp3) is 0.943. The van der Waals surface area contributed by atoms with E-state index in [-0.39, 0.29) is 41.6 Å². The van der Waals surface area contributed by atoms with E-state index in [1.807, 2.05) is 0 Å². The number of hydrogen-bond donors (Lipinski definition) is 14. The first-order chi connectivity index (χ1) is 35.8. The highest BCUT2D eigenvalue weighted by molar-refractivity contribution is 5.79. The molecule has 5 aliphatic carbocycles. The molecule has 29 atom stereocenters. The molecule has 8 fully saturated rings. The van der Waals surface area contributed by atoms with Crippen molar-refractivity contribution in [3.05, 3.63) is 11.6 Å². The Kier molecular flexibility index (Phi) is 17.0. The van der Waals surface area contributed by atoms with Crippen LogP contribution in [0.2, 0.25) is 0 Å². The minimum atomic E-state index is -1.89. The molecule has 23 nitrogen and oxygen atoms in total. The number of hydrogen-bond acceptors (Lipinski definition) is 23. The first kappa shape index (κ1) is 59.0. The maximum Gasteiger partial charge on any atom is 0.315 e. The van der Waals surface area contributed by atoms with Crippen molar-refractivity contribution in [2.45, 2.75) is 222 Å². The van der Waals surface area contributed by atoms with Crippen molar-refractivity contribution in [1.29, 1.82) is 0 Å². The van der Waals surface area contributed by atoms with Crippen LogP contribution in [0.15, 0.2) is 11.6 Å². The third-order valence-corrected chi connectivity index (χ3v) is 21.3. The summed E-state index contributed by atoms with van der Waals surface area (Å²) < 4.78 is 48.6. The molecule has 76 heavy (non-hydrogen) atoms. The Morgan fingerprint density at radius 1 is 0.592 bits per heavy atom. The van der Waals surface area contributed by atoms with Crippen LogP contribution < -0.4 is 0 Å². The maximum absolute atomic E-state index is 14.8. The van der Waals surface area contributed by atoms with Crippen molar-refractivity contribution >= 4 is 5.97 Å². The van der Waals surface area contributed by atoms with E-state index < -0.39 is 177 Å². The lowest BCUT2D eigenvalue weighted by Gasteiger charge is -2.71. The lowest BCUT2D eigenvalue weighted by Crippen LogP contribution is -2.68. The Hall–Kier alpha value is -1.63. The van der Waals surface area contributed by atoms with Crippen LogP contribution in [-0.2, 0) is 42.7 Å². The summed E-state index contributed by atoms with van der Waals surface area (Å²) in [6, 6.07) is 0. The number of ether oxygens (including phenoxy) is 8. The number of rotatable bonds is 12. The van der Waals surface area contributed by atoms with E-state index in [0.717, 1.165) is 24.8 Å². The lowest BCUT2D eigenvalue weighted by atomic mass is 9.33. The van der Waals surface area contributed by atoms with Crippen molar-refractivity contribution < 1.29 is 114 Å². The largest absolute Gasteiger partial charge is 0.432 e. The van der Waals surface area contributed by atoms with E-state index in [1.165, 1.54) is 0 Å². The predicted molar refractivity (Wildman–Crippen MR) is 258 cm³/mol. The van der Waals surface area contributed by atoms with Crippen molar-refractivity contribution in [2.24, 2.45) is 56.7 Å². The summed E-state index contributed by atoms with van der Waals surface area (Å²) in [4.78, 5) is 14.8. The Bertz CT molecular complexity index is 2060. The van der Waals surface area contributed by atoms with Gasteiger partial charge in [-0.1, -0.05) is 53.2 Å². The fourth-order valence-electron chi connectivity index (χ4n) is 16.6. The van der Waals surface area contributed by atoms with Gasteiger partial charge in [0.2, 0.25) is 6.29 Å². The average molecular weight is 1090 g/mol. The molecule has 0 bridgehead atoms. The van der Waals surface area contributed by atoms with Crippen LogP contribution in [0.1, 0.15) is 99.3 Å². The zero-order valence-electron chi connectivity index (χ0n) is 44.3. The molecular formula is C53H86O23. The molecule has 4 aliphatic heterocycles. The topological polar surface area (TPSA) is 374 Å². The van der Waals surface area contributed by atoms with Crippen molar-refractivity contribution in [3.63, 3.8) is 0 Å². The van der Waals surface area contributed by atoms with Crippen LogP contribution in [-0.4, -0.2) is 233 Å². The molecule has 436 valence electrons. The second kappa shape index (κ2) is 21.9. The maximum atomic E-state index is 14.8. The highest BCUT2D eigenvalue weighted by atomic mass is 16.8. The van der Waals surface area contributed by atoms with Crippen molar-refractivity contribution in [1.82, 2.24) is 0 Å². The van der Waals surface area contributed by atoms with Crippen LogP contribution in [0.25, 0.3) is 0 Å². The Labute approximate surface area is 442 Å². The van der Waals surface area contributed by atoms with Gasteiger partial charge in [-0.05, 0) is 104 Å². The molecule has 4 heterocycles. The van der Waals surface area contributed by atoms with Crippen LogP contribution in [0.4, 0.5) is 0 Å². The zero-order chi connectivity index (χ0) is 55.4. The molecule has 4 saturated carbocycles. The number of esters is 1. The van der Waals surface area contributed by atoms with Gasteiger partial charge in [0.25, 0.3) is 0 Å². The van der Waals surface area contributed by atoms with Gasteiger partial charge in [0.15, 0.2) is 18.9 Å². The van der Waals surface area contributed by atoms with Crippen LogP contribution in [0.3, 0.4) is 0 Å². The number of aliphatic hydroxyl groups is 14. The monoisotopic (exact) mass is 1090 g/mol.